The average Bonchev–Trinajstić information content (AvgIpc) is 3.02. The van der Waals surface area contributed by atoms with E-state index < -0.39 is 7.92 Å². The molecule has 0 unspecified atom stereocenters. The molecule has 4 heteroatoms. The van der Waals surface area contributed by atoms with E-state index in [9.17, 15) is 4.79 Å². The zero-order chi connectivity index (χ0) is 28.5. The van der Waals surface area contributed by atoms with Crippen LogP contribution in [0.3, 0.4) is 0 Å². The van der Waals surface area contributed by atoms with Gasteiger partial charge in [-0.25, -0.2) is 0 Å². The van der Waals surface area contributed by atoms with Crippen molar-refractivity contribution in [2.45, 2.75) is 44.1 Å². The minimum Gasteiger partial charge on any atom is -0.495 e. The number of amides is 1. The summed E-state index contributed by atoms with van der Waals surface area (Å²) in [6.45, 7) is 0. The highest BCUT2D eigenvalue weighted by atomic mass is 31.1. The number of ether oxygens (including phenoxy) is 1. The lowest BCUT2D eigenvalue weighted by Gasteiger charge is -2.60. The van der Waals surface area contributed by atoms with Crippen LogP contribution in [-0.4, -0.2) is 18.6 Å². The highest BCUT2D eigenvalue weighted by Gasteiger charge is 2.55. The van der Waals surface area contributed by atoms with Crippen LogP contribution in [0, 0.1) is 17.8 Å². The molecule has 0 saturated heterocycles. The Hall–Kier alpha value is -3.68. The average molecular weight is 572 g/mol. The van der Waals surface area contributed by atoms with E-state index in [-0.39, 0.29) is 11.4 Å². The summed E-state index contributed by atoms with van der Waals surface area (Å²) in [7, 11) is 0.810. The fourth-order valence-electron chi connectivity index (χ4n) is 8.39. The summed E-state index contributed by atoms with van der Waals surface area (Å²) < 4.78 is 6.16. The first-order valence-corrected chi connectivity index (χ1v) is 16.6. The van der Waals surface area contributed by atoms with Crippen LogP contribution >= 0.6 is 7.92 Å². The van der Waals surface area contributed by atoms with Crippen LogP contribution in [0.1, 0.15) is 44.1 Å². The maximum atomic E-state index is 14.7. The molecule has 1 amide bonds. The van der Waals surface area contributed by atoms with Crippen LogP contribution < -0.4 is 25.6 Å². The van der Waals surface area contributed by atoms with Crippen LogP contribution in [-0.2, 0) is 4.79 Å². The lowest BCUT2D eigenvalue weighted by atomic mass is 9.52. The molecule has 4 aromatic rings. The number of nitrogens with zero attached hydrogens (tertiary/aromatic N) is 1. The first kappa shape index (κ1) is 27.2. The zero-order valence-electron chi connectivity index (χ0n) is 24.2. The van der Waals surface area contributed by atoms with Gasteiger partial charge < -0.3 is 4.74 Å². The molecule has 4 bridgehead atoms. The Kier molecular flexibility index (Phi) is 7.46. The van der Waals surface area contributed by atoms with Gasteiger partial charge in [-0.1, -0.05) is 103 Å². The molecule has 0 heterocycles. The molecule has 4 fully saturated rings. The Bertz CT molecular complexity index is 1490. The molecular weight excluding hydrogens is 533 g/mol. The van der Waals surface area contributed by atoms with Crippen molar-refractivity contribution < 1.29 is 9.53 Å². The summed E-state index contributed by atoms with van der Waals surface area (Å²) in [6.07, 6.45) is 11.0. The molecule has 3 nitrogen and oxygen atoms in total. The predicted molar refractivity (Wildman–Crippen MR) is 176 cm³/mol. The molecular formula is C38H38NO2P. The maximum absolute atomic E-state index is 14.7. The monoisotopic (exact) mass is 571 g/mol. The summed E-state index contributed by atoms with van der Waals surface area (Å²) >= 11 is 0. The van der Waals surface area contributed by atoms with Crippen molar-refractivity contribution in [2.75, 3.05) is 12.0 Å². The van der Waals surface area contributed by atoms with E-state index in [1.54, 1.807) is 13.2 Å². The van der Waals surface area contributed by atoms with Gasteiger partial charge >= 0.3 is 0 Å². The smallest absolute Gasteiger partial charge is 0.251 e. The Morgan fingerprint density at radius 2 is 1.26 bits per heavy atom. The van der Waals surface area contributed by atoms with Gasteiger partial charge in [0.15, 0.2) is 0 Å². The van der Waals surface area contributed by atoms with Crippen molar-refractivity contribution in [2.24, 2.45) is 17.8 Å². The highest BCUT2D eigenvalue weighted by Crippen LogP contribution is 2.59. The van der Waals surface area contributed by atoms with E-state index in [4.69, 9.17) is 4.74 Å². The number of para-hydroxylation sites is 1. The first-order chi connectivity index (χ1) is 20.6. The normalized spacial score (nSPS) is 24.3. The summed E-state index contributed by atoms with van der Waals surface area (Å²) in [5, 5.41) is 3.72. The number of carbonyl (C=O) groups is 1. The van der Waals surface area contributed by atoms with Crippen molar-refractivity contribution in [1.82, 2.24) is 0 Å². The van der Waals surface area contributed by atoms with Gasteiger partial charge in [0.1, 0.15) is 5.75 Å². The molecule has 4 aliphatic rings. The van der Waals surface area contributed by atoms with E-state index in [1.165, 1.54) is 35.2 Å². The Morgan fingerprint density at radius 3 is 1.79 bits per heavy atom. The van der Waals surface area contributed by atoms with Gasteiger partial charge in [-0.2, -0.15) is 0 Å². The number of benzene rings is 4. The van der Waals surface area contributed by atoms with Crippen molar-refractivity contribution in [3.05, 3.63) is 121 Å². The Morgan fingerprint density at radius 1 is 0.738 bits per heavy atom. The van der Waals surface area contributed by atoms with Crippen molar-refractivity contribution in [1.29, 1.82) is 0 Å². The van der Waals surface area contributed by atoms with E-state index >= 15 is 0 Å². The molecule has 0 aliphatic heterocycles. The lowest BCUT2D eigenvalue weighted by Crippen LogP contribution is -2.62. The fourth-order valence-corrected chi connectivity index (χ4v) is 10.8. The third-order valence-corrected chi connectivity index (χ3v) is 12.1. The molecule has 4 aliphatic carbocycles. The maximum Gasteiger partial charge on any atom is 0.251 e. The van der Waals surface area contributed by atoms with E-state index in [2.05, 4.69) is 89.8 Å². The number of hydrogen-bond donors (Lipinski definition) is 0. The van der Waals surface area contributed by atoms with Crippen LogP contribution in [0.2, 0.25) is 0 Å². The van der Waals surface area contributed by atoms with Gasteiger partial charge in [0.2, 0.25) is 0 Å². The second-order valence-electron chi connectivity index (χ2n) is 12.4. The van der Waals surface area contributed by atoms with Crippen LogP contribution in [0.5, 0.6) is 5.75 Å². The molecule has 0 spiro atoms. The highest BCUT2D eigenvalue weighted by molar-refractivity contribution is 7.80. The molecule has 8 rings (SSSR count). The number of rotatable bonds is 8. The minimum absolute atomic E-state index is 0.0580. The predicted octanol–water partition coefficient (Wildman–Crippen LogP) is 7.47. The van der Waals surface area contributed by atoms with Crippen LogP contribution in [0.4, 0.5) is 5.69 Å². The van der Waals surface area contributed by atoms with E-state index in [1.807, 2.05) is 30.3 Å². The summed E-state index contributed by atoms with van der Waals surface area (Å²) in [4.78, 5) is 17.0. The van der Waals surface area contributed by atoms with Crippen molar-refractivity contribution in [3.63, 3.8) is 0 Å². The van der Waals surface area contributed by atoms with Crippen molar-refractivity contribution in [3.8, 4) is 5.75 Å². The number of anilines is 1. The second kappa shape index (κ2) is 11.5. The lowest BCUT2D eigenvalue weighted by molar-refractivity contribution is -0.117. The van der Waals surface area contributed by atoms with Crippen LogP contribution in [0.25, 0.3) is 6.08 Å². The van der Waals surface area contributed by atoms with E-state index in [0.29, 0.717) is 17.8 Å². The number of hydrogen-bond acceptors (Lipinski definition) is 2. The van der Waals surface area contributed by atoms with Gasteiger partial charge in [-0.05, 0) is 92.5 Å². The summed E-state index contributed by atoms with van der Waals surface area (Å²) in [5.74, 6) is 2.94. The quantitative estimate of drug-likeness (QED) is 0.162. The SMILES string of the molecule is COc1cccc(P(c2ccccc2)c2ccccc2)c1N(C(=O)/C=C/c1ccccc1)C12CC3CC(CC(C3)C1)C2. The Balaban J connectivity index is 1.43. The molecule has 4 aromatic carbocycles. The second-order valence-corrected chi connectivity index (χ2v) is 14.6. The molecule has 0 aromatic heterocycles. The molecule has 0 atom stereocenters. The number of methoxy groups -OCH3 is 1. The standard InChI is InChI=1S/C38H38NO2P/c1-41-34-18-11-19-35(42(32-14-7-3-8-15-32)33-16-9-4-10-17-33)37(34)39(36(40)21-20-28-12-5-2-6-13-28)38-25-29-22-30(26-38)24-31(23-29)27-38/h2-21,29-31H,22-27H2,1H3/b21-20+. The number of carbonyl (C=O) groups excluding carboxylic acids is 1. The fraction of sp³-hybridized carbons (Fsp3) is 0.289. The molecule has 0 N–H and O–H groups in total. The largest absolute Gasteiger partial charge is 0.495 e. The summed E-state index contributed by atoms with van der Waals surface area (Å²) in [5.41, 5.74) is 1.81. The van der Waals surface area contributed by atoms with Gasteiger partial charge in [0, 0.05) is 16.9 Å². The van der Waals surface area contributed by atoms with Gasteiger partial charge in [0.25, 0.3) is 5.91 Å². The summed E-state index contributed by atoms with van der Waals surface area (Å²) in [6, 6.07) is 38.1. The molecule has 212 valence electrons. The van der Waals surface area contributed by atoms with Gasteiger partial charge in [-0.3, -0.25) is 9.69 Å². The van der Waals surface area contributed by atoms with E-state index in [0.717, 1.165) is 36.3 Å². The van der Waals surface area contributed by atoms with Crippen molar-refractivity contribution >= 4 is 41.5 Å². The molecule has 4 saturated carbocycles. The van der Waals surface area contributed by atoms with Gasteiger partial charge in [0.05, 0.1) is 12.8 Å². The third kappa shape index (κ3) is 5.09. The van der Waals surface area contributed by atoms with Crippen LogP contribution in [0.15, 0.2) is 115 Å². The van der Waals surface area contributed by atoms with Gasteiger partial charge in [-0.15, -0.1) is 0 Å². The zero-order valence-corrected chi connectivity index (χ0v) is 25.1. The minimum atomic E-state index is -0.938. The third-order valence-electron chi connectivity index (χ3n) is 9.61. The topological polar surface area (TPSA) is 29.5 Å². The molecule has 42 heavy (non-hydrogen) atoms. The Labute approximate surface area is 251 Å². The first-order valence-electron chi connectivity index (χ1n) is 15.3. The molecule has 0 radical (unpaired) electrons.